The number of hydrogen-bond donors (Lipinski definition) is 3. The first-order chi connectivity index (χ1) is 19.3. The number of carbonyl (C=O) groups excluding carboxylic acids is 3. The van der Waals surface area contributed by atoms with E-state index in [0.717, 1.165) is 50.2 Å². The minimum absolute atomic E-state index is 0.0165. The molecule has 8 nitrogen and oxygen atoms in total. The summed E-state index contributed by atoms with van der Waals surface area (Å²) >= 11 is 0. The topological polar surface area (TPSA) is 117 Å². The maximum atomic E-state index is 13.5. The van der Waals surface area contributed by atoms with E-state index in [1.165, 1.54) is 6.07 Å². The van der Waals surface area contributed by atoms with Gasteiger partial charge in [0.1, 0.15) is 5.82 Å². The number of halogens is 5. The lowest BCUT2D eigenvalue weighted by molar-refractivity contribution is -0.275. The van der Waals surface area contributed by atoms with Crippen molar-refractivity contribution in [2.75, 3.05) is 23.3 Å². The SMILES string of the molecule is NC(=O)c1ccc(C(=O)NC2CC3CCCN(c4ccc(C(=O)C5CC5)cn4)C3C2)cc1NCC(F)(F)C(F)(F)F. The number of pyridine rings is 1. The molecule has 0 radical (unpaired) electrons. The average molecular weight is 580 g/mol. The molecule has 1 saturated heterocycles. The number of hydrogen-bond acceptors (Lipinski definition) is 6. The zero-order valence-electron chi connectivity index (χ0n) is 22.0. The van der Waals surface area contributed by atoms with Gasteiger partial charge in [-0.05, 0) is 74.8 Å². The summed E-state index contributed by atoms with van der Waals surface area (Å²) in [6.07, 6.45) is 0.922. The summed E-state index contributed by atoms with van der Waals surface area (Å²) in [5, 5.41) is 4.87. The van der Waals surface area contributed by atoms with Crippen molar-refractivity contribution < 1.29 is 36.3 Å². The second kappa shape index (κ2) is 10.9. The number of nitrogens with zero attached hydrogens (tertiary/aromatic N) is 2. The van der Waals surface area contributed by atoms with E-state index in [0.29, 0.717) is 24.3 Å². The van der Waals surface area contributed by atoms with E-state index in [4.69, 9.17) is 5.73 Å². The molecule has 220 valence electrons. The third-order valence-corrected chi connectivity index (χ3v) is 8.10. The number of nitrogens with two attached hydrogens (primary N) is 1. The number of nitrogens with one attached hydrogen (secondary N) is 2. The van der Waals surface area contributed by atoms with Crippen LogP contribution < -0.4 is 21.3 Å². The van der Waals surface area contributed by atoms with Crippen LogP contribution in [0.2, 0.25) is 0 Å². The third kappa shape index (κ3) is 6.13. The van der Waals surface area contributed by atoms with Gasteiger partial charge in [-0.1, -0.05) is 0 Å². The summed E-state index contributed by atoms with van der Waals surface area (Å²) < 4.78 is 64.7. The fraction of sp³-hybridized carbons (Fsp3) is 0.500. The predicted octanol–water partition coefficient (Wildman–Crippen LogP) is 4.56. The lowest BCUT2D eigenvalue weighted by Gasteiger charge is -2.38. The summed E-state index contributed by atoms with van der Waals surface area (Å²) in [5.74, 6) is -5.36. The first kappa shape index (κ1) is 28.7. The fourth-order valence-corrected chi connectivity index (χ4v) is 5.79. The number of Topliss-reactive ketones (excluding diaryl/α,β-unsaturated/α-hetero) is 1. The number of piperidine rings is 1. The minimum Gasteiger partial charge on any atom is -0.378 e. The van der Waals surface area contributed by atoms with Gasteiger partial charge in [0.15, 0.2) is 5.78 Å². The molecule has 3 aliphatic rings. The van der Waals surface area contributed by atoms with E-state index < -0.39 is 36.1 Å². The highest BCUT2D eigenvalue weighted by Crippen LogP contribution is 2.40. The van der Waals surface area contributed by atoms with Crippen molar-refractivity contribution in [2.45, 2.75) is 62.7 Å². The van der Waals surface area contributed by atoms with Gasteiger partial charge in [0, 0.05) is 47.6 Å². The Morgan fingerprint density at radius 1 is 1.00 bits per heavy atom. The Balaban J connectivity index is 1.25. The number of alkyl halides is 5. The lowest BCUT2D eigenvalue weighted by atomic mass is 9.92. The van der Waals surface area contributed by atoms with Crippen LogP contribution >= 0.6 is 0 Å². The van der Waals surface area contributed by atoms with Gasteiger partial charge in [-0.25, -0.2) is 4.98 Å². The molecule has 2 saturated carbocycles. The van der Waals surface area contributed by atoms with Gasteiger partial charge >= 0.3 is 12.1 Å². The van der Waals surface area contributed by atoms with E-state index in [9.17, 15) is 36.3 Å². The first-order valence-electron chi connectivity index (χ1n) is 13.5. The van der Waals surface area contributed by atoms with Crippen molar-refractivity contribution in [3.8, 4) is 0 Å². The van der Waals surface area contributed by atoms with Crippen molar-refractivity contribution in [1.29, 1.82) is 0 Å². The zero-order valence-corrected chi connectivity index (χ0v) is 22.0. The molecule has 3 atom stereocenters. The van der Waals surface area contributed by atoms with E-state index in [-0.39, 0.29) is 34.9 Å². The molecule has 2 heterocycles. The van der Waals surface area contributed by atoms with Crippen LogP contribution in [0.5, 0.6) is 0 Å². The smallest absolute Gasteiger partial charge is 0.378 e. The molecule has 41 heavy (non-hydrogen) atoms. The summed E-state index contributed by atoms with van der Waals surface area (Å²) in [5.41, 5.74) is 5.13. The molecule has 1 aliphatic heterocycles. The van der Waals surface area contributed by atoms with Crippen LogP contribution in [0.1, 0.15) is 69.6 Å². The van der Waals surface area contributed by atoms with E-state index in [1.54, 1.807) is 6.20 Å². The largest absolute Gasteiger partial charge is 0.455 e. The zero-order chi connectivity index (χ0) is 29.5. The molecule has 2 aromatic rings. The standard InChI is InChI=1S/C28H30F5N5O3/c29-27(30,28(31,32)33)14-36-21-11-17(5-7-20(21)25(34)40)26(41)37-19-10-16-2-1-9-38(22(16)12-19)23-8-6-18(13-35-23)24(39)15-3-4-15/h5-8,11,13,15-16,19,22,36H,1-4,9-10,12,14H2,(H2,34,40)(H,37,41). The normalized spacial score (nSPS) is 22.7. The molecule has 5 rings (SSSR count). The van der Waals surface area contributed by atoms with Crippen LogP contribution in [0.4, 0.5) is 33.5 Å². The summed E-state index contributed by atoms with van der Waals surface area (Å²) in [7, 11) is 0. The maximum Gasteiger partial charge on any atom is 0.455 e. The van der Waals surface area contributed by atoms with Crippen LogP contribution in [-0.4, -0.2) is 59.9 Å². The number of ketones is 1. The van der Waals surface area contributed by atoms with Crippen molar-refractivity contribution in [3.63, 3.8) is 0 Å². The lowest BCUT2D eigenvalue weighted by Crippen LogP contribution is -2.43. The van der Waals surface area contributed by atoms with Gasteiger partial charge < -0.3 is 21.3 Å². The fourth-order valence-electron chi connectivity index (χ4n) is 5.79. The molecule has 2 aliphatic carbocycles. The molecule has 1 aromatic carbocycles. The number of anilines is 2. The number of aromatic nitrogens is 1. The van der Waals surface area contributed by atoms with Crippen molar-refractivity contribution in [2.24, 2.45) is 17.6 Å². The molecule has 0 spiro atoms. The Labute approximate surface area is 232 Å². The molecular formula is C28H30F5N5O3. The van der Waals surface area contributed by atoms with Crippen LogP contribution in [0.3, 0.4) is 0 Å². The molecule has 3 unspecified atom stereocenters. The van der Waals surface area contributed by atoms with Crippen LogP contribution in [0.25, 0.3) is 0 Å². The number of amides is 2. The number of primary amides is 1. The Hall–Kier alpha value is -3.77. The van der Waals surface area contributed by atoms with Gasteiger partial charge in [-0.2, -0.15) is 22.0 Å². The summed E-state index contributed by atoms with van der Waals surface area (Å²) in [6, 6.07) is 7.01. The van der Waals surface area contributed by atoms with E-state index in [2.05, 4.69) is 15.2 Å². The minimum atomic E-state index is -5.79. The van der Waals surface area contributed by atoms with Crippen LogP contribution in [0.15, 0.2) is 36.5 Å². The second-order valence-corrected chi connectivity index (χ2v) is 11.0. The maximum absolute atomic E-state index is 13.5. The van der Waals surface area contributed by atoms with Gasteiger partial charge in [0.2, 0.25) is 0 Å². The Kier molecular flexibility index (Phi) is 7.64. The highest BCUT2D eigenvalue weighted by atomic mass is 19.4. The van der Waals surface area contributed by atoms with E-state index >= 15 is 0 Å². The molecule has 2 amide bonds. The molecule has 13 heteroatoms. The first-order valence-corrected chi connectivity index (χ1v) is 13.5. The Morgan fingerprint density at radius 3 is 2.37 bits per heavy atom. The third-order valence-electron chi connectivity index (χ3n) is 8.10. The van der Waals surface area contributed by atoms with Crippen molar-refractivity contribution >= 4 is 29.1 Å². The van der Waals surface area contributed by atoms with E-state index in [1.807, 2.05) is 17.4 Å². The number of rotatable bonds is 9. The Morgan fingerprint density at radius 2 is 1.73 bits per heavy atom. The number of benzene rings is 1. The number of carbonyl (C=O) groups is 3. The highest BCUT2D eigenvalue weighted by molar-refractivity contribution is 6.02. The van der Waals surface area contributed by atoms with Crippen molar-refractivity contribution in [3.05, 3.63) is 53.2 Å². The molecule has 3 fully saturated rings. The molecular weight excluding hydrogens is 549 g/mol. The van der Waals surface area contributed by atoms with Gasteiger partial charge in [0.25, 0.3) is 11.8 Å². The monoisotopic (exact) mass is 579 g/mol. The predicted molar refractivity (Wildman–Crippen MR) is 140 cm³/mol. The summed E-state index contributed by atoms with van der Waals surface area (Å²) in [6.45, 7) is -1.04. The molecule has 4 N–H and O–H groups in total. The Bertz CT molecular complexity index is 1330. The van der Waals surface area contributed by atoms with Gasteiger partial charge in [0.05, 0.1) is 12.1 Å². The van der Waals surface area contributed by atoms with Gasteiger partial charge in [-0.15, -0.1) is 0 Å². The number of fused-ring (bicyclic) bond motifs is 1. The van der Waals surface area contributed by atoms with Crippen LogP contribution in [-0.2, 0) is 0 Å². The van der Waals surface area contributed by atoms with Crippen molar-refractivity contribution in [1.82, 2.24) is 10.3 Å². The van der Waals surface area contributed by atoms with Crippen LogP contribution in [0, 0.1) is 11.8 Å². The molecule has 1 aromatic heterocycles. The quantitative estimate of drug-likeness (QED) is 0.296. The second-order valence-electron chi connectivity index (χ2n) is 11.0. The molecule has 0 bridgehead atoms. The summed E-state index contributed by atoms with van der Waals surface area (Å²) in [4.78, 5) is 43.9. The van der Waals surface area contributed by atoms with Gasteiger partial charge in [-0.3, -0.25) is 14.4 Å². The highest BCUT2D eigenvalue weighted by Gasteiger charge is 2.57. The average Bonchev–Trinajstić information content (AvgIpc) is 3.70.